The first-order valence-corrected chi connectivity index (χ1v) is 7.00. The van der Waals surface area contributed by atoms with Crippen molar-refractivity contribution in [3.63, 3.8) is 0 Å². The molecular formula is C11H23NOS. The molecular weight excluding hydrogens is 194 g/mol. The molecule has 84 valence electrons. The van der Waals surface area contributed by atoms with E-state index in [1.54, 1.807) is 0 Å². The van der Waals surface area contributed by atoms with E-state index in [9.17, 15) is 0 Å². The van der Waals surface area contributed by atoms with Crippen LogP contribution in [0.2, 0.25) is 0 Å². The van der Waals surface area contributed by atoms with Crippen LogP contribution in [0.25, 0.3) is 0 Å². The van der Waals surface area contributed by atoms with E-state index < -0.39 is 0 Å². The molecule has 0 spiro atoms. The number of aliphatic hydroxyl groups is 1. The van der Waals surface area contributed by atoms with E-state index in [1.807, 2.05) is 0 Å². The summed E-state index contributed by atoms with van der Waals surface area (Å²) in [5.74, 6) is 2.65. The molecule has 2 nitrogen and oxygen atoms in total. The summed E-state index contributed by atoms with van der Waals surface area (Å²) in [5.41, 5.74) is 0. The van der Waals surface area contributed by atoms with E-state index in [0.717, 1.165) is 6.42 Å². The van der Waals surface area contributed by atoms with Crippen molar-refractivity contribution in [1.82, 2.24) is 4.90 Å². The topological polar surface area (TPSA) is 23.5 Å². The second kappa shape index (κ2) is 8.57. The normalized spacial score (nSPS) is 18.6. The van der Waals surface area contributed by atoms with Gasteiger partial charge in [0.1, 0.15) is 0 Å². The first-order valence-electron chi connectivity index (χ1n) is 5.84. The van der Waals surface area contributed by atoms with Gasteiger partial charge in [0.05, 0.1) is 0 Å². The minimum atomic E-state index is 0.364. The molecule has 0 aromatic rings. The highest BCUT2D eigenvalue weighted by Crippen LogP contribution is 2.10. The SMILES string of the molecule is OCCCCCCCN1CCSCC1. The first kappa shape index (κ1) is 12.3. The number of thioether (sulfide) groups is 1. The summed E-state index contributed by atoms with van der Waals surface area (Å²) < 4.78 is 0. The lowest BCUT2D eigenvalue weighted by atomic mass is 10.1. The fourth-order valence-corrected chi connectivity index (χ4v) is 2.78. The second-order valence-electron chi connectivity index (χ2n) is 3.95. The number of nitrogens with zero attached hydrogens (tertiary/aromatic N) is 1. The summed E-state index contributed by atoms with van der Waals surface area (Å²) in [6.45, 7) is 4.24. The maximum atomic E-state index is 8.62. The molecule has 0 aromatic heterocycles. The highest BCUT2D eigenvalue weighted by molar-refractivity contribution is 7.99. The van der Waals surface area contributed by atoms with Crippen LogP contribution in [0.3, 0.4) is 0 Å². The molecule has 3 heteroatoms. The molecule has 1 rings (SSSR count). The Morgan fingerprint density at radius 3 is 2.29 bits per heavy atom. The third-order valence-electron chi connectivity index (χ3n) is 2.74. The molecule has 14 heavy (non-hydrogen) atoms. The third kappa shape index (κ3) is 5.89. The van der Waals surface area contributed by atoms with Crippen LogP contribution in [0, 0.1) is 0 Å². The van der Waals surface area contributed by atoms with Crippen LogP contribution >= 0.6 is 11.8 Å². The van der Waals surface area contributed by atoms with E-state index in [0.29, 0.717) is 6.61 Å². The van der Waals surface area contributed by atoms with Gasteiger partial charge in [0.25, 0.3) is 0 Å². The van der Waals surface area contributed by atoms with Crippen molar-refractivity contribution in [2.45, 2.75) is 32.1 Å². The Bertz CT molecular complexity index is 126. The smallest absolute Gasteiger partial charge is 0.0431 e. The molecule has 0 radical (unpaired) electrons. The van der Waals surface area contributed by atoms with Crippen molar-refractivity contribution in [2.24, 2.45) is 0 Å². The highest BCUT2D eigenvalue weighted by atomic mass is 32.2. The molecule has 0 bridgehead atoms. The molecule has 1 heterocycles. The summed E-state index contributed by atoms with van der Waals surface area (Å²) in [4.78, 5) is 2.59. The standard InChI is InChI=1S/C11H23NOS/c13-9-5-3-1-2-4-6-12-7-10-14-11-8-12/h13H,1-11H2. The number of hydrogen-bond donors (Lipinski definition) is 1. The van der Waals surface area contributed by atoms with E-state index >= 15 is 0 Å². The largest absolute Gasteiger partial charge is 0.396 e. The lowest BCUT2D eigenvalue weighted by molar-refractivity contribution is 0.277. The molecule has 0 amide bonds. The Kier molecular flexibility index (Phi) is 7.55. The first-order chi connectivity index (χ1) is 6.93. The minimum absolute atomic E-state index is 0.364. The van der Waals surface area contributed by atoms with E-state index in [1.165, 1.54) is 56.8 Å². The Labute approximate surface area is 92.1 Å². The fourth-order valence-electron chi connectivity index (χ4n) is 1.80. The maximum Gasteiger partial charge on any atom is 0.0431 e. The van der Waals surface area contributed by atoms with Crippen molar-refractivity contribution in [1.29, 1.82) is 0 Å². The summed E-state index contributed by atoms with van der Waals surface area (Å²) >= 11 is 2.08. The third-order valence-corrected chi connectivity index (χ3v) is 3.68. The van der Waals surface area contributed by atoms with Gasteiger partial charge in [-0.3, -0.25) is 0 Å². The fraction of sp³-hybridized carbons (Fsp3) is 1.00. The van der Waals surface area contributed by atoms with Gasteiger partial charge in [0, 0.05) is 31.2 Å². The Morgan fingerprint density at radius 1 is 0.929 bits per heavy atom. The molecule has 0 unspecified atom stereocenters. The van der Waals surface area contributed by atoms with Crippen LogP contribution < -0.4 is 0 Å². The van der Waals surface area contributed by atoms with Gasteiger partial charge in [-0.1, -0.05) is 19.3 Å². The number of unbranched alkanes of at least 4 members (excludes halogenated alkanes) is 4. The van der Waals surface area contributed by atoms with Crippen LogP contribution in [0.4, 0.5) is 0 Å². The molecule has 1 aliphatic heterocycles. The number of rotatable bonds is 7. The number of aliphatic hydroxyl groups excluding tert-OH is 1. The van der Waals surface area contributed by atoms with Gasteiger partial charge in [-0.15, -0.1) is 0 Å². The molecule has 0 aliphatic carbocycles. The van der Waals surface area contributed by atoms with Gasteiger partial charge in [-0.25, -0.2) is 0 Å². The van der Waals surface area contributed by atoms with E-state index in [-0.39, 0.29) is 0 Å². The monoisotopic (exact) mass is 217 g/mol. The van der Waals surface area contributed by atoms with Crippen molar-refractivity contribution in [2.75, 3.05) is 37.7 Å². The van der Waals surface area contributed by atoms with Crippen molar-refractivity contribution >= 4 is 11.8 Å². The van der Waals surface area contributed by atoms with Gasteiger partial charge < -0.3 is 10.0 Å². The molecule has 0 atom stereocenters. The van der Waals surface area contributed by atoms with Crippen LogP contribution in [-0.4, -0.2) is 47.8 Å². The van der Waals surface area contributed by atoms with Gasteiger partial charge in [0.2, 0.25) is 0 Å². The zero-order valence-corrected chi connectivity index (χ0v) is 9.90. The molecule has 0 saturated carbocycles. The van der Waals surface area contributed by atoms with Crippen molar-refractivity contribution in [3.8, 4) is 0 Å². The molecule has 1 aliphatic rings. The zero-order valence-electron chi connectivity index (χ0n) is 9.08. The molecule has 1 saturated heterocycles. The average Bonchev–Trinajstić information content (AvgIpc) is 2.25. The lowest BCUT2D eigenvalue weighted by Gasteiger charge is -2.25. The Hall–Kier alpha value is 0.270. The van der Waals surface area contributed by atoms with Gasteiger partial charge >= 0.3 is 0 Å². The lowest BCUT2D eigenvalue weighted by Crippen LogP contribution is -2.33. The van der Waals surface area contributed by atoms with Crippen LogP contribution in [0.15, 0.2) is 0 Å². The van der Waals surface area contributed by atoms with E-state index in [2.05, 4.69) is 16.7 Å². The van der Waals surface area contributed by atoms with Gasteiger partial charge in [-0.05, 0) is 19.4 Å². The molecule has 0 aromatic carbocycles. The van der Waals surface area contributed by atoms with Crippen molar-refractivity contribution in [3.05, 3.63) is 0 Å². The van der Waals surface area contributed by atoms with Crippen molar-refractivity contribution < 1.29 is 5.11 Å². The predicted molar refractivity (Wildman–Crippen MR) is 63.9 cm³/mol. The summed E-state index contributed by atoms with van der Waals surface area (Å²) in [6, 6.07) is 0. The second-order valence-corrected chi connectivity index (χ2v) is 5.17. The van der Waals surface area contributed by atoms with Crippen LogP contribution in [-0.2, 0) is 0 Å². The van der Waals surface area contributed by atoms with Crippen LogP contribution in [0.1, 0.15) is 32.1 Å². The minimum Gasteiger partial charge on any atom is -0.396 e. The predicted octanol–water partition coefficient (Wildman–Crippen LogP) is 1.98. The Morgan fingerprint density at radius 2 is 1.57 bits per heavy atom. The summed E-state index contributed by atoms with van der Waals surface area (Å²) in [5, 5.41) is 8.62. The summed E-state index contributed by atoms with van der Waals surface area (Å²) in [7, 11) is 0. The quantitative estimate of drug-likeness (QED) is 0.660. The molecule has 1 fully saturated rings. The van der Waals surface area contributed by atoms with Gasteiger partial charge in [0.15, 0.2) is 0 Å². The maximum absolute atomic E-state index is 8.62. The zero-order chi connectivity index (χ0) is 10.1. The van der Waals surface area contributed by atoms with Gasteiger partial charge in [-0.2, -0.15) is 11.8 Å². The van der Waals surface area contributed by atoms with Crippen LogP contribution in [0.5, 0.6) is 0 Å². The summed E-state index contributed by atoms with van der Waals surface area (Å²) in [6.07, 6.45) is 6.16. The average molecular weight is 217 g/mol. The number of hydrogen-bond acceptors (Lipinski definition) is 3. The molecule has 1 N–H and O–H groups in total. The van der Waals surface area contributed by atoms with E-state index in [4.69, 9.17) is 5.11 Å². The Balaban J connectivity index is 1.82. The highest BCUT2D eigenvalue weighted by Gasteiger charge is 2.08.